The standard InChI is InChI=1S/C11H15NO2.BrH/c1-7-9-6-11(14)10(13)5-8(9)3-4-12(7)2;/h5-7,13-14H,3-4H2,1-2H3;1H/t7-;/m1./s1. The quantitative estimate of drug-likeness (QED) is 0.713. The summed E-state index contributed by atoms with van der Waals surface area (Å²) in [5.74, 6) is -0.0357. The van der Waals surface area contributed by atoms with E-state index in [1.54, 1.807) is 12.1 Å². The third kappa shape index (κ3) is 2.11. The first-order valence-corrected chi connectivity index (χ1v) is 4.84. The summed E-state index contributed by atoms with van der Waals surface area (Å²) in [6.07, 6.45) is 0.935. The topological polar surface area (TPSA) is 43.7 Å². The minimum atomic E-state index is -0.0223. The Balaban J connectivity index is 0.00000112. The summed E-state index contributed by atoms with van der Waals surface area (Å²) < 4.78 is 0. The van der Waals surface area contributed by atoms with Crippen LogP contribution in [0.25, 0.3) is 0 Å². The summed E-state index contributed by atoms with van der Waals surface area (Å²) in [7, 11) is 2.07. The number of aromatic hydroxyl groups is 2. The van der Waals surface area contributed by atoms with Gasteiger partial charge in [0.25, 0.3) is 0 Å². The van der Waals surface area contributed by atoms with Gasteiger partial charge < -0.3 is 10.2 Å². The number of likely N-dealkylation sites (N-methyl/N-ethyl adjacent to an activating group) is 1. The van der Waals surface area contributed by atoms with Crippen LogP contribution in [0.4, 0.5) is 0 Å². The molecule has 1 atom stereocenters. The fourth-order valence-electron chi connectivity index (χ4n) is 1.97. The summed E-state index contributed by atoms with van der Waals surface area (Å²) >= 11 is 0. The Morgan fingerprint density at radius 1 is 1.27 bits per heavy atom. The van der Waals surface area contributed by atoms with E-state index in [0.717, 1.165) is 24.1 Å². The zero-order valence-electron chi connectivity index (χ0n) is 8.90. The first kappa shape index (κ1) is 12.3. The lowest BCUT2D eigenvalue weighted by Crippen LogP contribution is -2.30. The highest BCUT2D eigenvalue weighted by molar-refractivity contribution is 8.93. The highest BCUT2D eigenvalue weighted by Gasteiger charge is 2.22. The van der Waals surface area contributed by atoms with Gasteiger partial charge >= 0.3 is 0 Å². The molecule has 0 spiro atoms. The Morgan fingerprint density at radius 2 is 1.87 bits per heavy atom. The molecule has 0 aliphatic carbocycles. The zero-order valence-corrected chi connectivity index (χ0v) is 10.6. The maximum atomic E-state index is 9.41. The van der Waals surface area contributed by atoms with E-state index in [0.29, 0.717) is 6.04 Å². The van der Waals surface area contributed by atoms with E-state index in [2.05, 4.69) is 18.9 Å². The normalized spacial score (nSPS) is 20.5. The summed E-state index contributed by atoms with van der Waals surface area (Å²) in [5, 5.41) is 18.8. The van der Waals surface area contributed by atoms with E-state index in [1.165, 1.54) is 0 Å². The Hall–Kier alpha value is -0.740. The fraction of sp³-hybridized carbons (Fsp3) is 0.455. The fourth-order valence-corrected chi connectivity index (χ4v) is 1.97. The maximum Gasteiger partial charge on any atom is 0.157 e. The van der Waals surface area contributed by atoms with Gasteiger partial charge in [-0.1, -0.05) is 0 Å². The average molecular weight is 274 g/mol. The zero-order chi connectivity index (χ0) is 10.3. The van der Waals surface area contributed by atoms with Crippen molar-refractivity contribution in [3.8, 4) is 11.5 Å². The average Bonchev–Trinajstić information content (AvgIpc) is 2.15. The molecule has 0 saturated carbocycles. The van der Waals surface area contributed by atoms with Crippen molar-refractivity contribution in [2.75, 3.05) is 13.6 Å². The summed E-state index contributed by atoms with van der Waals surface area (Å²) in [4.78, 5) is 2.23. The van der Waals surface area contributed by atoms with Crippen LogP contribution in [0.15, 0.2) is 12.1 Å². The lowest BCUT2D eigenvalue weighted by Gasteiger charge is -2.32. The summed E-state index contributed by atoms with van der Waals surface area (Å²) in [6.45, 7) is 3.10. The first-order valence-electron chi connectivity index (χ1n) is 4.84. The van der Waals surface area contributed by atoms with Gasteiger partial charge in [0.1, 0.15) is 0 Å². The molecule has 1 aliphatic rings. The van der Waals surface area contributed by atoms with Crippen molar-refractivity contribution < 1.29 is 10.2 Å². The Bertz CT molecular complexity index is 368. The predicted octanol–water partition coefficient (Wildman–Crippen LogP) is 2.22. The van der Waals surface area contributed by atoms with Gasteiger partial charge in [0, 0.05) is 12.6 Å². The first-order chi connectivity index (χ1) is 6.59. The van der Waals surface area contributed by atoms with Crippen LogP contribution in [0, 0.1) is 0 Å². The molecule has 4 heteroatoms. The van der Waals surface area contributed by atoms with Crippen LogP contribution >= 0.6 is 17.0 Å². The molecule has 0 unspecified atom stereocenters. The molecule has 84 valence electrons. The molecule has 3 nitrogen and oxygen atoms in total. The molecule has 1 aliphatic heterocycles. The molecule has 15 heavy (non-hydrogen) atoms. The van der Waals surface area contributed by atoms with Crippen molar-refractivity contribution in [3.05, 3.63) is 23.3 Å². The number of benzene rings is 1. The second-order valence-electron chi connectivity index (χ2n) is 3.95. The van der Waals surface area contributed by atoms with Crippen molar-refractivity contribution in [2.24, 2.45) is 0 Å². The number of phenolic OH excluding ortho intramolecular Hbond substituents is 2. The Morgan fingerprint density at radius 3 is 2.53 bits per heavy atom. The SMILES string of the molecule is Br.C[C@@H]1c2cc(O)c(O)cc2CCN1C. The molecule has 1 heterocycles. The van der Waals surface area contributed by atoms with Crippen LogP contribution < -0.4 is 0 Å². The molecule has 1 aromatic rings. The lowest BCUT2D eigenvalue weighted by molar-refractivity contribution is 0.246. The van der Waals surface area contributed by atoms with Gasteiger partial charge in [-0.2, -0.15) is 0 Å². The molecule has 0 radical (unpaired) electrons. The van der Waals surface area contributed by atoms with Crippen molar-refractivity contribution >= 4 is 17.0 Å². The van der Waals surface area contributed by atoms with Crippen LogP contribution in [-0.4, -0.2) is 28.7 Å². The minimum absolute atomic E-state index is 0. The van der Waals surface area contributed by atoms with Gasteiger partial charge in [-0.25, -0.2) is 0 Å². The van der Waals surface area contributed by atoms with Gasteiger partial charge in [0.15, 0.2) is 11.5 Å². The van der Waals surface area contributed by atoms with Gasteiger partial charge in [-0.3, -0.25) is 4.90 Å². The number of halogens is 1. The molecule has 0 aromatic heterocycles. The van der Waals surface area contributed by atoms with Crippen LogP contribution in [0.3, 0.4) is 0 Å². The highest BCUT2D eigenvalue weighted by atomic mass is 79.9. The van der Waals surface area contributed by atoms with E-state index >= 15 is 0 Å². The van der Waals surface area contributed by atoms with Crippen LogP contribution in [0.2, 0.25) is 0 Å². The number of nitrogens with zero attached hydrogens (tertiary/aromatic N) is 1. The minimum Gasteiger partial charge on any atom is -0.504 e. The molecular weight excluding hydrogens is 258 g/mol. The van der Waals surface area contributed by atoms with E-state index in [-0.39, 0.29) is 28.5 Å². The predicted molar refractivity (Wildman–Crippen MR) is 64.8 cm³/mol. The number of hydrogen-bond acceptors (Lipinski definition) is 3. The van der Waals surface area contributed by atoms with Gasteiger partial charge in [0.2, 0.25) is 0 Å². The highest BCUT2D eigenvalue weighted by Crippen LogP contribution is 2.35. The number of phenols is 2. The molecule has 1 aromatic carbocycles. The molecule has 0 amide bonds. The molecular formula is C11H16BrNO2. The Labute approximate surface area is 100 Å². The van der Waals surface area contributed by atoms with Gasteiger partial charge in [-0.15, -0.1) is 17.0 Å². The van der Waals surface area contributed by atoms with E-state index < -0.39 is 0 Å². The van der Waals surface area contributed by atoms with Crippen molar-refractivity contribution in [2.45, 2.75) is 19.4 Å². The van der Waals surface area contributed by atoms with Crippen molar-refractivity contribution in [1.29, 1.82) is 0 Å². The molecule has 0 fully saturated rings. The summed E-state index contributed by atoms with van der Waals surface area (Å²) in [6, 6.07) is 3.66. The third-order valence-corrected chi connectivity index (χ3v) is 3.08. The smallest absolute Gasteiger partial charge is 0.157 e. The largest absolute Gasteiger partial charge is 0.504 e. The van der Waals surface area contributed by atoms with E-state index in [4.69, 9.17) is 0 Å². The number of hydrogen-bond donors (Lipinski definition) is 2. The maximum absolute atomic E-state index is 9.41. The monoisotopic (exact) mass is 273 g/mol. The number of fused-ring (bicyclic) bond motifs is 1. The Kier molecular flexibility index (Phi) is 3.62. The third-order valence-electron chi connectivity index (χ3n) is 3.08. The van der Waals surface area contributed by atoms with Gasteiger partial charge in [-0.05, 0) is 43.7 Å². The van der Waals surface area contributed by atoms with Gasteiger partial charge in [0.05, 0.1) is 0 Å². The van der Waals surface area contributed by atoms with Crippen LogP contribution in [0.1, 0.15) is 24.1 Å². The second-order valence-corrected chi connectivity index (χ2v) is 3.95. The van der Waals surface area contributed by atoms with E-state index in [1.807, 2.05) is 0 Å². The van der Waals surface area contributed by atoms with Crippen molar-refractivity contribution in [3.63, 3.8) is 0 Å². The second kappa shape index (κ2) is 4.41. The van der Waals surface area contributed by atoms with Crippen LogP contribution in [-0.2, 0) is 6.42 Å². The number of rotatable bonds is 0. The molecule has 0 bridgehead atoms. The molecule has 2 rings (SSSR count). The van der Waals surface area contributed by atoms with E-state index in [9.17, 15) is 10.2 Å². The van der Waals surface area contributed by atoms with Crippen molar-refractivity contribution in [1.82, 2.24) is 4.90 Å². The molecule has 0 saturated heterocycles. The van der Waals surface area contributed by atoms with Crippen LogP contribution in [0.5, 0.6) is 11.5 Å². The molecule has 2 N–H and O–H groups in total. The lowest BCUT2D eigenvalue weighted by atomic mass is 9.93. The summed E-state index contributed by atoms with van der Waals surface area (Å²) in [5.41, 5.74) is 2.26.